The summed E-state index contributed by atoms with van der Waals surface area (Å²) in [6.45, 7) is 8.51. The van der Waals surface area contributed by atoms with E-state index in [1.807, 2.05) is 0 Å². The van der Waals surface area contributed by atoms with Crippen molar-refractivity contribution in [3.63, 3.8) is 0 Å². The highest BCUT2D eigenvalue weighted by Crippen LogP contribution is 2.42. The van der Waals surface area contributed by atoms with Crippen molar-refractivity contribution in [3.8, 4) is 51.2 Å². The van der Waals surface area contributed by atoms with Crippen molar-refractivity contribution < 1.29 is 50.1 Å². The smallest absolute Gasteiger partial charge is 0.407 e. The van der Waals surface area contributed by atoms with E-state index in [2.05, 4.69) is 40.6 Å². The van der Waals surface area contributed by atoms with E-state index in [9.17, 15) is 9.59 Å². The average molecular weight is 1100 g/mol. The van der Waals surface area contributed by atoms with Crippen LogP contribution in [-0.2, 0) is 49.2 Å². The van der Waals surface area contributed by atoms with Gasteiger partial charge in [0, 0.05) is 32.4 Å². The van der Waals surface area contributed by atoms with Crippen LogP contribution in [0, 0.1) is 0 Å². The van der Waals surface area contributed by atoms with Crippen molar-refractivity contribution >= 4 is 38.2 Å². The van der Waals surface area contributed by atoms with Crippen LogP contribution in [0.15, 0.2) is 119 Å². The summed E-state index contributed by atoms with van der Waals surface area (Å²) in [5.74, 6) is 1.50. The summed E-state index contributed by atoms with van der Waals surface area (Å²) < 4.78 is 94.4. The molecule has 0 bridgehead atoms. The minimum absolute atomic E-state index is 0.0622. The number of nitrogen functional groups attached to an aromatic ring is 1. The molecule has 7 aromatic rings. The number of pyridine rings is 1. The molecular weight excluding hydrogens is 1030 g/mol. The third-order valence-corrected chi connectivity index (χ3v) is 14.8. The van der Waals surface area contributed by atoms with Crippen LogP contribution in [0.4, 0.5) is 15.5 Å². The molecule has 0 fully saturated rings. The Hall–Kier alpha value is -8.13. The first-order chi connectivity index (χ1) is 36.4. The molecule has 0 spiro atoms. The molecule has 77 heavy (non-hydrogen) atoms. The molecule has 0 aliphatic heterocycles. The van der Waals surface area contributed by atoms with Gasteiger partial charge in [-0.3, -0.25) is 4.98 Å². The summed E-state index contributed by atoms with van der Waals surface area (Å²) in [5, 5.41) is 18.6. The number of sulfonamides is 2. The van der Waals surface area contributed by atoms with Gasteiger partial charge in [0.05, 0.1) is 57.1 Å². The number of benzene rings is 4. The first-order valence-corrected chi connectivity index (χ1v) is 26.9. The predicted octanol–water partition coefficient (Wildman–Crippen LogP) is 6.54. The quantitative estimate of drug-likeness (QED) is 0.0510. The summed E-state index contributed by atoms with van der Waals surface area (Å²) in [6, 6.07) is 25.1. The van der Waals surface area contributed by atoms with E-state index in [4.69, 9.17) is 34.5 Å². The number of hydrogen-bond donors (Lipinski definition) is 5. The van der Waals surface area contributed by atoms with Gasteiger partial charge in [-0.2, -0.15) is 9.10 Å². The fraction of sp³-hybridized carbons (Fsp3) is 0.327. The molecule has 0 aliphatic rings. The Labute approximate surface area is 447 Å². The number of carbonyl (C=O) groups is 2. The van der Waals surface area contributed by atoms with Crippen molar-refractivity contribution in [2.75, 3.05) is 40.2 Å². The second-order valence-corrected chi connectivity index (χ2v) is 23.0. The zero-order chi connectivity index (χ0) is 55.7. The van der Waals surface area contributed by atoms with Gasteiger partial charge in [0.25, 0.3) is 0 Å². The largest absolute Gasteiger partial charge is 0.497 e. The van der Waals surface area contributed by atoms with E-state index in [-0.39, 0.29) is 42.5 Å². The molecule has 7 rings (SSSR count). The van der Waals surface area contributed by atoms with Gasteiger partial charge in [-0.05, 0) is 129 Å². The molecule has 0 unspecified atom stereocenters. The molecule has 3 heterocycles. The molecule has 0 radical (unpaired) electrons. The van der Waals surface area contributed by atoms with Crippen molar-refractivity contribution in [3.05, 3.63) is 126 Å². The lowest BCUT2D eigenvalue weighted by Gasteiger charge is -2.27. The summed E-state index contributed by atoms with van der Waals surface area (Å²) in [4.78, 5) is 37.4. The van der Waals surface area contributed by atoms with E-state index < -0.39 is 72.4 Å². The molecule has 0 saturated carbocycles. The number of nitrogens with one attached hydrogen (secondary N) is 4. The monoisotopic (exact) mass is 1090 g/mol. The normalized spacial score (nSPS) is 12.1. The van der Waals surface area contributed by atoms with Crippen LogP contribution in [-0.4, -0.2) is 120 Å². The van der Waals surface area contributed by atoms with Crippen molar-refractivity contribution in [1.29, 1.82) is 0 Å². The number of nitrogens with zero attached hydrogens (tertiary/aromatic N) is 7. The number of ether oxygens (including phenoxy) is 5. The van der Waals surface area contributed by atoms with Gasteiger partial charge >= 0.3 is 12.2 Å². The number of aromatic amines is 1. The van der Waals surface area contributed by atoms with E-state index in [0.717, 1.165) is 15.9 Å². The molecular formula is C52H62N12O11S2. The minimum atomic E-state index is -5.10. The van der Waals surface area contributed by atoms with Crippen LogP contribution >= 0.6 is 0 Å². The van der Waals surface area contributed by atoms with Crippen LogP contribution < -0.4 is 35.3 Å². The van der Waals surface area contributed by atoms with Gasteiger partial charge in [0.2, 0.25) is 25.9 Å². The number of anilines is 1. The number of hydrogen-bond acceptors (Lipinski definition) is 17. The topological polar surface area (TPSA) is 299 Å². The second-order valence-electron chi connectivity index (χ2n) is 19.5. The standard InChI is InChI=1S/C52H62N12O11S2/c1-51(2,3)74-49(65)56-27-37(28-57-50(66)75-52(4,5)6)61-76(67,68)44-23-22-41(36-24-25-54-42(26-36)43-29-55-48(53)58-43)45(47-59-62-64(60-47)32-35-14-20-40(73-9)21-15-35)46(44)77(69,70)63(30-33-10-16-38(71-7)17-11-33)31-34-12-18-39(72-8)19-13-34/h10-26,29,37,61H,27-28,30-32H2,1-9H3,(H,56,65)(H,57,66)(H3,53,55,58). The Morgan fingerprint density at radius 2 is 1.23 bits per heavy atom. The van der Waals surface area contributed by atoms with Crippen LogP contribution in [0.1, 0.15) is 58.2 Å². The zero-order valence-electron chi connectivity index (χ0n) is 44.0. The lowest BCUT2D eigenvalue weighted by molar-refractivity contribution is 0.0517. The van der Waals surface area contributed by atoms with E-state index in [1.54, 1.807) is 134 Å². The van der Waals surface area contributed by atoms with Gasteiger partial charge in [-0.25, -0.2) is 36.1 Å². The van der Waals surface area contributed by atoms with Crippen molar-refractivity contribution in [2.24, 2.45) is 0 Å². The highest BCUT2D eigenvalue weighted by atomic mass is 32.2. The van der Waals surface area contributed by atoms with Gasteiger partial charge in [-0.15, -0.1) is 10.2 Å². The minimum Gasteiger partial charge on any atom is -0.497 e. The van der Waals surface area contributed by atoms with Crippen LogP contribution in [0.3, 0.4) is 0 Å². The first-order valence-electron chi connectivity index (χ1n) is 24.0. The molecule has 0 atom stereocenters. The SMILES string of the molecule is COc1ccc(CN(Cc2ccc(OC)cc2)S(=O)(=O)c2c(S(=O)(=O)NC(CNC(=O)OC(C)(C)C)CNC(=O)OC(C)(C)C)ccc(-c3ccnc(-c4cnc(N)[nH]4)c3)c2-c2nnn(Cc3ccc(OC)cc3)n2)cc1. The molecule has 0 aliphatic carbocycles. The number of rotatable bonds is 21. The Morgan fingerprint density at radius 3 is 1.71 bits per heavy atom. The number of imidazole rings is 1. The Balaban J connectivity index is 1.48. The Kier molecular flexibility index (Phi) is 17.5. The van der Waals surface area contributed by atoms with Crippen molar-refractivity contribution in [1.82, 2.24) is 54.8 Å². The molecule has 25 heteroatoms. The number of methoxy groups -OCH3 is 3. The molecule has 23 nitrogen and oxygen atoms in total. The number of aromatic nitrogens is 7. The van der Waals surface area contributed by atoms with E-state index in [1.165, 1.54) is 37.5 Å². The highest BCUT2D eigenvalue weighted by molar-refractivity contribution is 7.92. The highest BCUT2D eigenvalue weighted by Gasteiger charge is 2.39. The summed E-state index contributed by atoms with van der Waals surface area (Å²) in [6.07, 6.45) is 1.19. The van der Waals surface area contributed by atoms with Gasteiger partial charge in [0.15, 0.2) is 5.95 Å². The Morgan fingerprint density at radius 1 is 0.714 bits per heavy atom. The van der Waals surface area contributed by atoms with Crippen LogP contribution in [0.25, 0.3) is 33.9 Å². The predicted molar refractivity (Wildman–Crippen MR) is 286 cm³/mol. The lowest BCUT2D eigenvalue weighted by atomic mass is 9.99. The summed E-state index contributed by atoms with van der Waals surface area (Å²) >= 11 is 0. The van der Waals surface area contributed by atoms with Gasteiger partial charge < -0.3 is 45.0 Å². The van der Waals surface area contributed by atoms with E-state index >= 15 is 16.8 Å². The number of H-pyrrole nitrogens is 1. The maximum atomic E-state index is 16.4. The third-order valence-electron chi connectivity index (χ3n) is 11.3. The fourth-order valence-corrected chi connectivity index (χ4v) is 11.4. The van der Waals surface area contributed by atoms with Crippen molar-refractivity contribution in [2.45, 2.75) is 88.2 Å². The number of tetrazole rings is 1. The maximum Gasteiger partial charge on any atom is 0.407 e. The molecule has 0 saturated heterocycles. The molecule has 4 aromatic carbocycles. The zero-order valence-corrected chi connectivity index (χ0v) is 45.7. The number of alkyl carbamates (subject to hydrolysis) is 2. The molecule has 3 aromatic heterocycles. The van der Waals surface area contributed by atoms with Gasteiger partial charge in [-0.1, -0.05) is 42.5 Å². The maximum absolute atomic E-state index is 16.4. The molecule has 408 valence electrons. The molecule has 6 N–H and O–H groups in total. The average Bonchev–Trinajstić information content (AvgIpc) is 4.06. The Bertz CT molecular complexity index is 3310. The second kappa shape index (κ2) is 23.8. The number of amides is 2. The lowest BCUT2D eigenvalue weighted by Crippen LogP contribution is -2.51. The summed E-state index contributed by atoms with van der Waals surface area (Å²) in [5.41, 5.74) is 6.93. The van der Waals surface area contributed by atoms with E-state index in [0.29, 0.717) is 45.3 Å². The fourth-order valence-electron chi connectivity index (χ4n) is 7.71. The van der Waals surface area contributed by atoms with Crippen LogP contribution in [0.2, 0.25) is 0 Å². The first kappa shape index (κ1) is 56.6. The van der Waals surface area contributed by atoms with Gasteiger partial charge in [0.1, 0.15) is 38.2 Å². The third kappa shape index (κ3) is 15.1. The number of nitrogens with two attached hydrogens (primary N) is 1. The molecule has 2 amide bonds. The number of carbonyl (C=O) groups excluding carboxylic acids is 2. The summed E-state index contributed by atoms with van der Waals surface area (Å²) in [7, 11) is -5.62. The van der Waals surface area contributed by atoms with Crippen LogP contribution in [0.5, 0.6) is 17.2 Å².